The number of fused-ring (bicyclic) bond motifs is 1. The first-order chi connectivity index (χ1) is 8.72. The van der Waals surface area contributed by atoms with Crippen molar-refractivity contribution < 1.29 is 14.6 Å². The highest BCUT2D eigenvalue weighted by molar-refractivity contribution is 5.76. The van der Waals surface area contributed by atoms with Gasteiger partial charge in [-0.3, -0.25) is 4.79 Å². The van der Waals surface area contributed by atoms with E-state index in [4.69, 9.17) is 9.84 Å². The van der Waals surface area contributed by atoms with Crippen LogP contribution >= 0.6 is 0 Å². The molecule has 1 aromatic rings. The van der Waals surface area contributed by atoms with E-state index in [9.17, 15) is 4.79 Å². The number of ether oxygens (including phenoxy) is 1. The summed E-state index contributed by atoms with van der Waals surface area (Å²) in [6, 6.07) is 0. The Morgan fingerprint density at radius 3 is 3.17 bits per heavy atom. The van der Waals surface area contributed by atoms with Gasteiger partial charge in [-0.15, -0.1) is 0 Å². The number of aryl methyl sites for hydroxylation is 2. The minimum atomic E-state index is -0.761. The van der Waals surface area contributed by atoms with Crippen molar-refractivity contribution in [3.05, 3.63) is 17.2 Å². The lowest BCUT2D eigenvalue weighted by molar-refractivity contribution is -0.139. The highest BCUT2D eigenvalue weighted by Crippen LogP contribution is 2.30. The lowest BCUT2D eigenvalue weighted by atomic mass is 9.90. The van der Waals surface area contributed by atoms with Crippen molar-refractivity contribution in [1.82, 2.24) is 9.97 Å². The Kier molecular flexibility index (Phi) is 4.36. The third-order valence-corrected chi connectivity index (χ3v) is 3.31. The molecule has 0 bridgehead atoms. The predicted molar refractivity (Wildman–Crippen MR) is 66.7 cm³/mol. The second kappa shape index (κ2) is 6.00. The van der Waals surface area contributed by atoms with Gasteiger partial charge in [0.2, 0.25) is 0 Å². The summed E-state index contributed by atoms with van der Waals surface area (Å²) in [5.41, 5.74) is 1.76. The van der Waals surface area contributed by atoms with Crippen molar-refractivity contribution >= 4 is 5.97 Å². The van der Waals surface area contributed by atoms with E-state index in [0.29, 0.717) is 6.42 Å². The number of hydrogen-bond donors (Lipinski definition) is 2. The first-order valence-corrected chi connectivity index (χ1v) is 6.60. The van der Waals surface area contributed by atoms with E-state index >= 15 is 0 Å². The number of nitrogens with zero attached hydrogens (tertiary/aromatic N) is 1. The maximum atomic E-state index is 11.2. The van der Waals surface area contributed by atoms with Crippen molar-refractivity contribution in [3.8, 4) is 0 Å². The maximum absolute atomic E-state index is 11.2. The summed E-state index contributed by atoms with van der Waals surface area (Å²) in [5, 5.41) is 9.17. The van der Waals surface area contributed by atoms with E-state index in [1.807, 2.05) is 6.92 Å². The van der Waals surface area contributed by atoms with Gasteiger partial charge in [-0.1, -0.05) is 0 Å². The van der Waals surface area contributed by atoms with E-state index in [1.54, 1.807) is 0 Å². The van der Waals surface area contributed by atoms with Gasteiger partial charge >= 0.3 is 5.97 Å². The maximum Gasteiger partial charge on any atom is 0.312 e. The molecular formula is C13H20N2O3. The second-order valence-corrected chi connectivity index (χ2v) is 4.63. The Bertz CT molecular complexity index is 414. The van der Waals surface area contributed by atoms with Crippen LogP contribution in [0.25, 0.3) is 0 Å². The quantitative estimate of drug-likeness (QED) is 0.758. The smallest absolute Gasteiger partial charge is 0.312 e. The molecule has 0 saturated carbocycles. The van der Waals surface area contributed by atoms with Gasteiger partial charge in [0.1, 0.15) is 11.7 Å². The van der Waals surface area contributed by atoms with Crippen LogP contribution in [-0.2, 0) is 22.4 Å². The van der Waals surface area contributed by atoms with E-state index in [1.165, 1.54) is 0 Å². The zero-order valence-corrected chi connectivity index (χ0v) is 10.7. The molecule has 2 rings (SSSR count). The van der Waals surface area contributed by atoms with Crippen LogP contribution in [0.3, 0.4) is 0 Å². The van der Waals surface area contributed by atoms with Crippen LogP contribution < -0.4 is 0 Å². The number of carboxylic acids is 1. The molecule has 0 radical (unpaired) electrons. The number of carbonyl (C=O) groups is 1. The number of hydrogen-bond acceptors (Lipinski definition) is 3. The summed E-state index contributed by atoms with van der Waals surface area (Å²) < 4.78 is 5.28. The second-order valence-electron chi connectivity index (χ2n) is 4.63. The number of nitrogens with one attached hydrogen (secondary N) is 1. The van der Waals surface area contributed by atoms with E-state index in [0.717, 1.165) is 56.1 Å². The molecule has 5 nitrogen and oxygen atoms in total. The van der Waals surface area contributed by atoms with Gasteiger partial charge in [0.05, 0.1) is 5.69 Å². The molecule has 1 aliphatic rings. The molecule has 0 aromatic carbocycles. The molecule has 0 fully saturated rings. The van der Waals surface area contributed by atoms with Crippen LogP contribution in [0.4, 0.5) is 0 Å². The normalized spacial score (nSPS) is 18.6. The van der Waals surface area contributed by atoms with Crippen molar-refractivity contribution in [3.63, 3.8) is 0 Å². The van der Waals surface area contributed by atoms with Gasteiger partial charge in [0, 0.05) is 25.3 Å². The molecular weight excluding hydrogens is 232 g/mol. The molecule has 0 spiro atoms. The Labute approximate surface area is 107 Å². The van der Waals surface area contributed by atoms with Crippen LogP contribution in [-0.4, -0.2) is 34.3 Å². The lowest BCUT2D eigenvalue weighted by Gasteiger charge is -2.16. The van der Waals surface area contributed by atoms with Gasteiger partial charge in [-0.2, -0.15) is 0 Å². The van der Waals surface area contributed by atoms with Crippen molar-refractivity contribution in [2.24, 2.45) is 0 Å². The minimum absolute atomic E-state index is 0.425. The fourth-order valence-corrected chi connectivity index (χ4v) is 2.42. The number of aromatic amines is 1. The highest BCUT2D eigenvalue weighted by atomic mass is 16.5. The topological polar surface area (TPSA) is 75.2 Å². The molecule has 0 saturated heterocycles. The van der Waals surface area contributed by atoms with Crippen LogP contribution in [0, 0.1) is 0 Å². The molecule has 1 unspecified atom stereocenters. The Morgan fingerprint density at radius 2 is 2.44 bits per heavy atom. The van der Waals surface area contributed by atoms with Crippen LogP contribution in [0.2, 0.25) is 0 Å². The SMILES string of the molecule is CCOCCCc1nc2c([nH]1)CCCC2C(=O)O. The molecule has 0 amide bonds. The number of aliphatic carboxylic acids is 1. The van der Waals surface area contributed by atoms with Gasteiger partial charge in [-0.25, -0.2) is 4.98 Å². The minimum Gasteiger partial charge on any atom is -0.481 e. The Balaban J connectivity index is 2.00. The third-order valence-electron chi connectivity index (χ3n) is 3.31. The average molecular weight is 252 g/mol. The summed E-state index contributed by atoms with van der Waals surface area (Å²) in [7, 11) is 0. The zero-order valence-electron chi connectivity index (χ0n) is 10.7. The van der Waals surface area contributed by atoms with Gasteiger partial charge in [0.15, 0.2) is 0 Å². The molecule has 18 heavy (non-hydrogen) atoms. The fourth-order valence-electron chi connectivity index (χ4n) is 2.42. The molecule has 1 atom stereocenters. The first kappa shape index (κ1) is 13.1. The van der Waals surface area contributed by atoms with Crippen molar-refractivity contribution in [2.45, 2.75) is 44.9 Å². The number of H-pyrrole nitrogens is 1. The summed E-state index contributed by atoms with van der Waals surface area (Å²) in [5.74, 6) is -0.290. The fraction of sp³-hybridized carbons (Fsp3) is 0.692. The number of rotatable bonds is 6. The predicted octanol–water partition coefficient (Wildman–Crippen LogP) is 1.88. The monoisotopic (exact) mass is 252 g/mol. The first-order valence-electron chi connectivity index (χ1n) is 6.60. The number of imidazole rings is 1. The molecule has 0 aliphatic heterocycles. The summed E-state index contributed by atoms with van der Waals surface area (Å²) in [4.78, 5) is 18.9. The molecule has 1 heterocycles. The van der Waals surface area contributed by atoms with Crippen LogP contribution in [0.15, 0.2) is 0 Å². The number of aromatic nitrogens is 2. The summed E-state index contributed by atoms with van der Waals surface area (Å²) in [6.45, 7) is 3.43. The van der Waals surface area contributed by atoms with E-state index < -0.39 is 11.9 Å². The molecule has 2 N–H and O–H groups in total. The van der Waals surface area contributed by atoms with E-state index in [-0.39, 0.29) is 0 Å². The third kappa shape index (κ3) is 2.90. The molecule has 100 valence electrons. The molecule has 1 aliphatic carbocycles. The molecule has 1 aromatic heterocycles. The Hall–Kier alpha value is -1.36. The zero-order chi connectivity index (χ0) is 13.0. The van der Waals surface area contributed by atoms with Gasteiger partial charge < -0.3 is 14.8 Å². The van der Waals surface area contributed by atoms with Crippen LogP contribution in [0.1, 0.15) is 49.3 Å². The standard InChI is InChI=1S/C13H20N2O3/c1-2-18-8-4-7-11-14-10-6-3-5-9(13(16)17)12(10)15-11/h9H,2-8H2,1H3,(H,14,15)(H,16,17). The average Bonchev–Trinajstić information content (AvgIpc) is 2.76. The summed E-state index contributed by atoms with van der Waals surface area (Å²) >= 11 is 0. The van der Waals surface area contributed by atoms with Crippen LogP contribution in [0.5, 0.6) is 0 Å². The lowest BCUT2D eigenvalue weighted by Crippen LogP contribution is -2.17. The largest absolute Gasteiger partial charge is 0.481 e. The van der Waals surface area contributed by atoms with Crippen molar-refractivity contribution in [2.75, 3.05) is 13.2 Å². The highest BCUT2D eigenvalue weighted by Gasteiger charge is 2.29. The van der Waals surface area contributed by atoms with E-state index in [2.05, 4.69) is 9.97 Å². The number of carboxylic acid groups (broad SMARTS) is 1. The summed E-state index contributed by atoms with van der Waals surface area (Å²) in [6.07, 6.45) is 4.27. The molecule has 5 heteroatoms. The van der Waals surface area contributed by atoms with Crippen molar-refractivity contribution in [1.29, 1.82) is 0 Å². The van der Waals surface area contributed by atoms with Gasteiger partial charge in [-0.05, 0) is 32.6 Å². The Morgan fingerprint density at radius 1 is 1.61 bits per heavy atom. The van der Waals surface area contributed by atoms with Gasteiger partial charge in [0.25, 0.3) is 0 Å².